The lowest BCUT2D eigenvalue weighted by molar-refractivity contribution is -0.143. The standard InChI is InChI=1S/C13H16F2N2O3/c1-3-7-17(8-10(18)20-4-2)13(19)9-5-6-16-12(15)11(9)14/h5-6H,3-4,7-8H2,1-2H3. The summed E-state index contributed by atoms with van der Waals surface area (Å²) < 4.78 is 31.3. The molecule has 0 unspecified atom stereocenters. The molecule has 0 saturated carbocycles. The van der Waals surface area contributed by atoms with Crippen LogP contribution in [0.4, 0.5) is 8.78 Å². The van der Waals surface area contributed by atoms with Crippen molar-refractivity contribution in [1.82, 2.24) is 9.88 Å². The molecular weight excluding hydrogens is 270 g/mol. The third-order valence-electron chi connectivity index (χ3n) is 2.48. The molecule has 1 heterocycles. The number of hydrogen-bond acceptors (Lipinski definition) is 4. The van der Waals surface area contributed by atoms with Crippen LogP contribution >= 0.6 is 0 Å². The molecule has 0 atom stereocenters. The van der Waals surface area contributed by atoms with Crippen LogP contribution in [0.15, 0.2) is 12.3 Å². The lowest BCUT2D eigenvalue weighted by Crippen LogP contribution is -2.37. The lowest BCUT2D eigenvalue weighted by atomic mass is 10.2. The van der Waals surface area contributed by atoms with Crippen LogP contribution in [0, 0.1) is 11.8 Å². The number of carbonyl (C=O) groups excluding carboxylic acids is 2. The average molecular weight is 286 g/mol. The molecule has 110 valence electrons. The summed E-state index contributed by atoms with van der Waals surface area (Å²) in [7, 11) is 0. The van der Waals surface area contributed by atoms with Crippen LogP contribution in [0.2, 0.25) is 0 Å². The van der Waals surface area contributed by atoms with Crippen LogP contribution in [-0.2, 0) is 9.53 Å². The highest BCUT2D eigenvalue weighted by Crippen LogP contribution is 2.12. The first kappa shape index (κ1) is 16.0. The molecule has 0 bridgehead atoms. The van der Waals surface area contributed by atoms with Gasteiger partial charge in [0, 0.05) is 12.7 Å². The highest BCUT2D eigenvalue weighted by atomic mass is 19.2. The Morgan fingerprint density at radius 1 is 1.35 bits per heavy atom. The van der Waals surface area contributed by atoms with E-state index in [1.807, 2.05) is 0 Å². The van der Waals surface area contributed by atoms with Gasteiger partial charge in [-0.3, -0.25) is 9.59 Å². The van der Waals surface area contributed by atoms with E-state index in [0.29, 0.717) is 6.42 Å². The SMILES string of the molecule is CCCN(CC(=O)OCC)C(=O)c1ccnc(F)c1F. The molecule has 0 fully saturated rings. The summed E-state index contributed by atoms with van der Waals surface area (Å²) in [6.45, 7) is 3.56. The Hall–Kier alpha value is -2.05. The van der Waals surface area contributed by atoms with Crippen LogP contribution in [0.5, 0.6) is 0 Å². The third kappa shape index (κ3) is 3.97. The van der Waals surface area contributed by atoms with Crippen molar-refractivity contribution in [1.29, 1.82) is 0 Å². The van der Waals surface area contributed by atoms with Gasteiger partial charge in [-0.2, -0.15) is 4.39 Å². The van der Waals surface area contributed by atoms with Crippen LogP contribution in [0.3, 0.4) is 0 Å². The summed E-state index contributed by atoms with van der Waals surface area (Å²) in [5.74, 6) is -4.02. The van der Waals surface area contributed by atoms with Gasteiger partial charge in [0.05, 0.1) is 12.2 Å². The molecule has 5 nitrogen and oxygen atoms in total. The molecule has 0 aromatic carbocycles. The second-order valence-corrected chi connectivity index (χ2v) is 4.00. The molecule has 20 heavy (non-hydrogen) atoms. The summed E-state index contributed by atoms with van der Waals surface area (Å²) >= 11 is 0. The van der Waals surface area contributed by atoms with E-state index in [0.717, 1.165) is 17.2 Å². The van der Waals surface area contributed by atoms with Gasteiger partial charge in [-0.1, -0.05) is 6.92 Å². The van der Waals surface area contributed by atoms with Crippen LogP contribution < -0.4 is 0 Å². The van der Waals surface area contributed by atoms with Crippen molar-refractivity contribution in [3.05, 3.63) is 29.6 Å². The lowest BCUT2D eigenvalue weighted by Gasteiger charge is -2.21. The molecule has 0 radical (unpaired) electrons. The average Bonchev–Trinajstić information content (AvgIpc) is 2.41. The molecular formula is C13H16F2N2O3. The van der Waals surface area contributed by atoms with E-state index in [9.17, 15) is 18.4 Å². The molecule has 1 aromatic heterocycles. The molecule has 1 aromatic rings. The molecule has 0 aliphatic heterocycles. The molecule has 0 saturated heterocycles. The van der Waals surface area contributed by atoms with Crippen molar-refractivity contribution in [2.75, 3.05) is 19.7 Å². The smallest absolute Gasteiger partial charge is 0.325 e. The molecule has 0 aliphatic rings. The van der Waals surface area contributed by atoms with Gasteiger partial charge in [-0.15, -0.1) is 0 Å². The van der Waals surface area contributed by atoms with Gasteiger partial charge in [0.15, 0.2) is 5.82 Å². The predicted octanol–water partition coefficient (Wildman–Crippen LogP) is 1.78. The van der Waals surface area contributed by atoms with Crippen molar-refractivity contribution < 1.29 is 23.1 Å². The number of amides is 1. The normalized spacial score (nSPS) is 10.2. The number of aromatic nitrogens is 1. The third-order valence-corrected chi connectivity index (χ3v) is 2.48. The van der Waals surface area contributed by atoms with E-state index in [1.54, 1.807) is 13.8 Å². The molecule has 1 rings (SSSR count). The molecule has 0 N–H and O–H groups in total. The van der Waals surface area contributed by atoms with Crippen molar-refractivity contribution in [3.63, 3.8) is 0 Å². The second-order valence-electron chi connectivity index (χ2n) is 4.00. The Bertz CT molecular complexity index is 495. The van der Waals surface area contributed by atoms with Crippen molar-refractivity contribution in [2.45, 2.75) is 20.3 Å². The highest BCUT2D eigenvalue weighted by molar-refractivity contribution is 5.96. The number of halogens is 2. The number of esters is 1. The van der Waals surface area contributed by atoms with Crippen LogP contribution in [-0.4, -0.2) is 41.5 Å². The molecule has 1 amide bonds. The minimum Gasteiger partial charge on any atom is -0.465 e. The zero-order valence-corrected chi connectivity index (χ0v) is 11.4. The fourth-order valence-corrected chi connectivity index (χ4v) is 1.64. The number of pyridine rings is 1. The number of hydrogen-bond donors (Lipinski definition) is 0. The van der Waals surface area contributed by atoms with E-state index >= 15 is 0 Å². The topological polar surface area (TPSA) is 59.5 Å². The van der Waals surface area contributed by atoms with Gasteiger partial charge in [0.25, 0.3) is 5.91 Å². The molecule has 0 aliphatic carbocycles. The van der Waals surface area contributed by atoms with Crippen molar-refractivity contribution >= 4 is 11.9 Å². The minimum absolute atomic E-state index is 0.186. The Balaban J connectivity index is 2.93. The predicted molar refractivity (Wildman–Crippen MR) is 67.0 cm³/mol. The van der Waals surface area contributed by atoms with Crippen molar-refractivity contribution in [2.24, 2.45) is 0 Å². The first-order valence-electron chi connectivity index (χ1n) is 6.26. The monoisotopic (exact) mass is 286 g/mol. The second kappa shape index (κ2) is 7.52. The summed E-state index contributed by atoms with van der Waals surface area (Å²) in [6, 6.07) is 1.08. The maximum atomic E-state index is 13.5. The summed E-state index contributed by atoms with van der Waals surface area (Å²) in [5, 5.41) is 0. The van der Waals surface area contributed by atoms with Crippen LogP contribution in [0.1, 0.15) is 30.6 Å². The zero-order chi connectivity index (χ0) is 15.1. The van der Waals surface area contributed by atoms with Crippen LogP contribution in [0.25, 0.3) is 0 Å². The summed E-state index contributed by atoms with van der Waals surface area (Å²) in [6.07, 6.45) is 1.57. The Labute approximate surface area is 115 Å². The maximum absolute atomic E-state index is 13.5. The number of ether oxygens (including phenoxy) is 1. The van der Waals surface area contributed by atoms with Gasteiger partial charge in [0.2, 0.25) is 5.95 Å². The van der Waals surface area contributed by atoms with Gasteiger partial charge < -0.3 is 9.64 Å². The maximum Gasteiger partial charge on any atom is 0.325 e. The van der Waals surface area contributed by atoms with Gasteiger partial charge >= 0.3 is 5.97 Å². The van der Waals surface area contributed by atoms with Gasteiger partial charge in [0.1, 0.15) is 6.54 Å². The Morgan fingerprint density at radius 2 is 2.05 bits per heavy atom. The van der Waals surface area contributed by atoms with E-state index in [1.165, 1.54) is 0 Å². The van der Waals surface area contributed by atoms with Gasteiger partial charge in [-0.25, -0.2) is 9.37 Å². The first-order valence-corrected chi connectivity index (χ1v) is 6.26. The van der Waals surface area contributed by atoms with E-state index < -0.39 is 29.2 Å². The summed E-state index contributed by atoms with van der Waals surface area (Å²) in [4.78, 5) is 27.8. The fraction of sp³-hybridized carbons (Fsp3) is 0.462. The largest absolute Gasteiger partial charge is 0.465 e. The van der Waals surface area contributed by atoms with Gasteiger partial charge in [-0.05, 0) is 19.4 Å². The number of rotatable bonds is 6. The molecule has 0 spiro atoms. The highest BCUT2D eigenvalue weighted by Gasteiger charge is 2.23. The zero-order valence-electron chi connectivity index (χ0n) is 11.4. The fourth-order valence-electron chi connectivity index (χ4n) is 1.64. The minimum atomic E-state index is -1.34. The van der Waals surface area contributed by atoms with E-state index in [2.05, 4.69) is 4.98 Å². The van der Waals surface area contributed by atoms with Crippen molar-refractivity contribution in [3.8, 4) is 0 Å². The number of carbonyl (C=O) groups is 2. The summed E-state index contributed by atoms with van der Waals surface area (Å²) in [5.41, 5.74) is -0.449. The van der Waals surface area contributed by atoms with E-state index in [-0.39, 0.29) is 19.7 Å². The Morgan fingerprint density at radius 3 is 2.65 bits per heavy atom. The quantitative estimate of drug-likeness (QED) is 0.591. The Kier molecular flexibility index (Phi) is 6.02. The number of nitrogens with zero attached hydrogens (tertiary/aromatic N) is 2. The molecule has 7 heteroatoms. The first-order chi connectivity index (χ1) is 9.51. The van der Waals surface area contributed by atoms with E-state index in [4.69, 9.17) is 4.74 Å².